The van der Waals surface area contributed by atoms with Crippen molar-refractivity contribution in [1.29, 1.82) is 0 Å². The minimum absolute atomic E-state index is 0.0107. The van der Waals surface area contributed by atoms with Gasteiger partial charge in [0.25, 0.3) is 0 Å². The lowest BCUT2D eigenvalue weighted by atomic mass is 9.69. The number of carbonyl (C=O) groups is 2. The van der Waals surface area contributed by atoms with Crippen molar-refractivity contribution in [2.24, 2.45) is 5.41 Å². The third-order valence-electron chi connectivity index (χ3n) is 6.12. The van der Waals surface area contributed by atoms with Gasteiger partial charge in [-0.1, -0.05) is 43.1 Å². The fraction of sp³-hybridized carbons (Fsp3) is 0.360. The summed E-state index contributed by atoms with van der Waals surface area (Å²) >= 11 is 13.0. The largest absolute Gasteiger partial charge is 0.497 e. The molecular formula is C25H25Cl2NO4. The van der Waals surface area contributed by atoms with Gasteiger partial charge in [-0.2, -0.15) is 0 Å². The fourth-order valence-corrected chi connectivity index (χ4v) is 5.42. The lowest BCUT2D eigenvalue weighted by Crippen LogP contribution is -2.44. The molecule has 0 N–H and O–H groups in total. The van der Waals surface area contributed by atoms with Gasteiger partial charge in [0.2, 0.25) is 5.91 Å². The number of Topliss-reactive ketones (excluding diaryl/α,β-unsaturated/α-hetero) is 1. The third kappa shape index (κ3) is 3.89. The van der Waals surface area contributed by atoms with E-state index in [4.69, 9.17) is 32.7 Å². The van der Waals surface area contributed by atoms with Crippen molar-refractivity contribution in [2.75, 3.05) is 19.1 Å². The lowest BCUT2D eigenvalue weighted by Gasteiger charge is -2.43. The monoisotopic (exact) mass is 473 g/mol. The van der Waals surface area contributed by atoms with Gasteiger partial charge in [0, 0.05) is 46.1 Å². The highest BCUT2D eigenvalue weighted by Crippen LogP contribution is 2.51. The molecule has 2 aliphatic rings. The van der Waals surface area contributed by atoms with Gasteiger partial charge < -0.3 is 9.47 Å². The highest BCUT2D eigenvalue weighted by molar-refractivity contribution is 6.36. The van der Waals surface area contributed by atoms with Gasteiger partial charge in [-0.3, -0.25) is 14.5 Å². The summed E-state index contributed by atoms with van der Waals surface area (Å²) in [5.41, 5.74) is 2.16. The average Bonchev–Trinajstić information content (AvgIpc) is 2.72. The Balaban J connectivity index is 1.98. The van der Waals surface area contributed by atoms with Gasteiger partial charge in [0.15, 0.2) is 5.78 Å². The van der Waals surface area contributed by atoms with Crippen LogP contribution in [0.4, 0.5) is 5.69 Å². The molecule has 2 aromatic carbocycles. The predicted octanol–water partition coefficient (Wildman–Crippen LogP) is 6.17. The zero-order valence-corrected chi connectivity index (χ0v) is 20.0. The first kappa shape index (κ1) is 22.7. The maximum atomic E-state index is 13.6. The molecule has 0 saturated heterocycles. The molecule has 1 aliphatic heterocycles. The number of carbonyl (C=O) groups excluding carboxylic acids is 2. The van der Waals surface area contributed by atoms with E-state index in [0.29, 0.717) is 56.9 Å². The smallest absolute Gasteiger partial charge is 0.232 e. The van der Waals surface area contributed by atoms with Crippen molar-refractivity contribution >= 4 is 40.6 Å². The molecule has 1 atom stereocenters. The number of ketones is 1. The van der Waals surface area contributed by atoms with E-state index in [1.54, 1.807) is 55.5 Å². The quantitative estimate of drug-likeness (QED) is 0.532. The Morgan fingerprint density at radius 2 is 1.69 bits per heavy atom. The van der Waals surface area contributed by atoms with E-state index >= 15 is 0 Å². The summed E-state index contributed by atoms with van der Waals surface area (Å²) in [6, 6.07) is 10.5. The summed E-state index contributed by atoms with van der Waals surface area (Å²) < 4.78 is 10.9. The molecule has 0 aromatic heterocycles. The fourth-order valence-electron chi connectivity index (χ4n) is 4.76. The van der Waals surface area contributed by atoms with E-state index in [0.717, 1.165) is 0 Å². The summed E-state index contributed by atoms with van der Waals surface area (Å²) in [5, 5.41) is 0.902. The van der Waals surface area contributed by atoms with Crippen LogP contribution in [0.1, 0.15) is 44.6 Å². The van der Waals surface area contributed by atoms with E-state index in [-0.39, 0.29) is 23.5 Å². The zero-order chi connectivity index (χ0) is 23.2. The number of benzene rings is 2. The first-order valence-corrected chi connectivity index (χ1v) is 11.2. The Kier molecular flexibility index (Phi) is 5.99. The Morgan fingerprint density at radius 3 is 2.31 bits per heavy atom. The molecule has 7 heteroatoms. The van der Waals surface area contributed by atoms with Crippen LogP contribution in [-0.2, 0) is 9.59 Å². The molecule has 0 bridgehead atoms. The molecule has 0 radical (unpaired) electrons. The molecule has 32 heavy (non-hydrogen) atoms. The Bertz CT molecular complexity index is 1120. The van der Waals surface area contributed by atoms with Crippen LogP contribution in [0.15, 0.2) is 47.7 Å². The number of nitrogens with zero attached hydrogens (tertiary/aromatic N) is 1. The van der Waals surface area contributed by atoms with Crippen molar-refractivity contribution in [2.45, 2.75) is 39.0 Å². The lowest BCUT2D eigenvalue weighted by molar-refractivity contribution is -0.121. The molecule has 0 fully saturated rings. The van der Waals surface area contributed by atoms with Gasteiger partial charge in [0.05, 0.1) is 19.9 Å². The van der Waals surface area contributed by atoms with Crippen LogP contribution in [0.2, 0.25) is 10.0 Å². The summed E-state index contributed by atoms with van der Waals surface area (Å²) in [6.07, 6.45) is 1.02. The second kappa shape index (κ2) is 8.45. The molecule has 1 unspecified atom stereocenters. The Labute approximate surface area is 197 Å². The SMILES string of the molecule is COc1ccc(OC)c(N2C(=O)CC(c3c(Cl)cccc3Cl)C3=C2CC(C)(C)CC3=O)c1. The van der Waals surface area contributed by atoms with E-state index in [1.165, 1.54) is 0 Å². The average molecular weight is 474 g/mol. The van der Waals surface area contributed by atoms with Crippen LogP contribution in [-0.4, -0.2) is 25.9 Å². The summed E-state index contributed by atoms with van der Waals surface area (Å²) in [7, 11) is 3.12. The summed E-state index contributed by atoms with van der Waals surface area (Å²) in [4.78, 5) is 28.7. The van der Waals surface area contributed by atoms with Gasteiger partial charge in [-0.25, -0.2) is 0 Å². The minimum atomic E-state index is -0.491. The number of rotatable bonds is 4. The van der Waals surface area contributed by atoms with E-state index in [2.05, 4.69) is 0 Å². The van der Waals surface area contributed by atoms with E-state index in [9.17, 15) is 9.59 Å². The molecule has 5 nitrogen and oxygen atoms in total. The van der Waals surface area contributed by atoms with Crippen LogP contribution < -0.4 is 14.4 Å². The van der Waals surface area contributed by atoms with Crippen molar-refractivity contribution in [1.82, 2.24) is 0 Å². The van der Waals surface area contributed by atoms with Crippen LogP contribution in [0, 0.1) is 5.41 Å². The van der Waals surface area contributed by atoms with E-state index < -0.39 is 5.92 Å². The standard InChI is InChI=1S/C25H25Cl2NO4/c1-25(2)12-19-24(20(29)13-25)15(23-16(26)6-5-7-17(23)27)11-22(30)28(19)18-10-14(31-3)8-9-21(18)32-4/h5-10,15H,11-13H2,1-4H3. The first-order chi connectivity index (χ1) is 15.2. The topological polar surface area (TPSA) is 55.8 Å². The second-order valence-corrected chi connectivity index (χ2v) is 9.77. The molecule has 1 aliphatic carbocycles. The minimum Gasteiger partial charge on any atom is -0.497 e. The number of ether oxygens (including phenoxy) is 2. The molecule has 1 heterocycles. The van der Waals surface area contributed by atoms with Crippen LogP contribution >= 0.6 is 23.2 Å². The Morgan fingerprint density at radius 1 is 1.00 bits per heavy atom. The summed E-state index contributed by atoms with van der Waals surface area (Å²) in [6.45, 7) is 4.07. The van der Waals surface area contributed by atoms with Crippen LogP contribution in [0.3, 0.4) is 0 Å². The highest BCUT2D eigenvalue weighted by atomic mass is 35.5. The number of amides is 1. The highest BCUT2D eigenvalue weighted by Gasteiger charge is 2.45. The number of methoxy groups -OCH3 is 2. The second-order valence-electron chi connectivity index (χ2n) is 8.96. The molecule has 0 spiro atoms. The molecule has 168 valence electrons. The van der Waals surface area contributed by atoms with Gasteiger partial charge in [0.1, 0.15) is 11.5 Å². The normalized spacial score (nSPS) is 20.3. The molecule has 0 saturated carbocycles. The third-order valence-corrected chi connectivity index (χ3v) is 6.78. The maximum absolute atomic E-state index is 13.6. The summed E-state index contributed by atoms with van der Waals surface area (Å²) in [5.74, 6) is 0.484. The van der Waals surface area contributed by atoms with E-state index in [1.807, 2.05) is 13.8 Å². The van der Waals surface area contributed by atoms with Gasteiger partial charge in [-0.05, 0) is 41.7 Å². The number of allylic oxidation sites excluding steroid dienone is 2. The molecule has 1 amide bonds. The van der Waals surface area contributed by atoms with Crippen molar-refractivity contribution in [3.8, 4) is 11.5 Å². The number of hydrogen-bond acceptors (Lipinski definition) is 4. The number of halogens is 2. The number of anilines is 1. The maximum Gasteiger partial charge on any atom is 0.232 e. The van der Waals surface area contributed by atoms with Crippen molar-refractivity contribution < 1.29 is 19.1 Å². The van der Waals surface area contributed by atoms with Gasteiger partial charge in [-0.15, -0.1) is 0 Å². The number of hydrogen-bond donors (Lipinski definition) is 0. The zero-order valence-electron chi connectivity index (χ0n) is 18.5. The van der Waals surface area contributed by atoms with Gasteiger partial charge >= 0.3 is 0 Å². The molecule has 4 rings (SSSR count). The Hall–Kier alpha value is -2.50. The van der Waals surface area contributed by atoms with Crippen LogP contribution in [0.25, 0.3) is 0 Å². The molecule has 2 aromatic rings. The van der Waals surface area contributed by atoms with Crippen molar-refractivity contribution in [3.05, 3.63) is 63.3 Å². The van der Waals surface area contributed by atoms with Crippen LogP contribution in [0.5, 0.6) is 11.5 Å². The first-order valence-electron chi connectivity index (χ1n) is 10.4. The van der Waals surface area contributed by atoms with Crippen molar-refractivity contribution in [3.63, 3.8) is 0 Å². The predicted molar refractivity (Wildman–Crippen MR) is 126 cm³/mol. The molecular weight excluding hydrogens is 449 g/mol.